The number of para-hydroxylation sites is 1. The van der Waals surface area contributed by atoms with E-state index in [1.165, 1.54) is 17.3 Å². The molecule has 0 atom stereocenters. The van der Waals surface area contributed by atoms with Gasteiger partial charge in [0.25, 0.3) is 0 Å². The van der Waals surface area contributed by atoms with Crippen LogP contribution in [0.25, 0.3) is 5.65 Å². The molecule has 0 aliphatic carbocycles. The second kappa shape index (κ2) is 5.90. The highest BCUT2D eigenvalue weighted by atomic mass is 32.2. The van der Waals surface area contributed by atoms with Gasteiger partial charge in [-0.15, -0.1) is 10.2 Å². The molecule has 1 amide bonds. The van der Waals surface area contributed by atoms with E-state index in [1.54, 1.807) is 0 Å². The Labute approximate surface area is 143 Å². The van der Waals surface area contributed by atoms with E-state index in [-0.39, 0.29) is 5.91 Å². The minimum Gasteiger partial charge on any atom is -0.311 e. The largest absolute Gasteiger partial charge is 0.311 e. The lowest BCUT2D eigenvalue weighted by Gasteiger charge is -2.16. The number of nitrogens with zero attached hydrogens (tertiary/aromatic N) is 5. The maximum Gasteiger partial charge on any atom is 0.237 e. The van der Waals surface area contributed by atoms with Crippen LogP contribution in [0.3, 0.4) is 0 Å². The molecule has 0 unspecified atom stereocenters. The Morgan fingerprint density at radius 2 is 2.08 bits per heavy atom. The average Bonchev–Trinajstić information content (AvgIpc) is 3.16. The maximum absolute atomic E-state index is 12.6. The molecule has 0 fully saturated rings. The molecule has 1 aliphatic heterocycles. The SMILES string of the molecule is Cc1cc2nnc(SCC(=O)N3CCc4ccccc43)n2c(C)n1. The van der Waals surface area contributed by atoms with E-state index in [9.17, 15) is 4.79 Å². The topological polar surface area (TPSA) is 63.4 Å². The Morgan fingerprint density at radius 3 is 2.96 bits per heavy atom. The quantitative estimate of drug-likeness (QED) is 0.686. The number of carbonyl (C=O) groups is 1. The van der Waals surface area contributed by atoms with Crippen molar-refractivity contribution < 1.29 is 4.79 Å². The molecule has 0 spiro atoms. The molecule has 0 N–H and O–H groups in total. The summed E-state index contributed by atoms with van der Waals surface area (Å²) in [5, 5.41) is 9.09. The van der Waals surface area contributed by atoms with Crippen molar-refractivity contribution in [1.29, 1.82) is 0 Å². The van der Waals surface area contributed by atoms with Crippen LogP contribution in [0.1, 0.15) is 17.1 Å². The molecule has 3 aromatic rings. The molecule has 24 heavy (non-hydrogen) atoms. The first kappa shape index (κ1) is 15.1. The van der Waals surface area contributed by atoms with Crippen molar-refractivity contribution in [3.8, 4) is 0 Å². The molecular weight excluding hydrogens is 322 g/mol. The number of fused-ring (bicyclic) bond motifs is 2. The fourth-order valence-corrected chi connectivity index (χ4v) is 3.96. The van der Waals surface area contributed by atoms with Crippen molar-refractivity contribution in [3.05, 3.63) is 47.4 Å². The molecular formula is C17H17N5OS. The summed E-state index contributed by atoms with van der Waals surface area (Å²) >= 11 is 1.40. The van der Waals surface area contributed by atoms with E-state index in [0.29, 0.717) is 10.9 Å². The smallest absolute Gasteiger partial charge is 0.237 e. The summed E-state index contributed by atoms with van der Waals surface area (Å²) in [6.07, 6.45) is 0.919. The van der Waals surface area contributed by atoms with Crippen molar-refractivity contribution in [3.63, 3.8) is 0 Å². The van der Waals surface area contributed by atoms with Gasteiger partial charge in [0.15, 0.2) is 10.8 Å². The molecule has 7 heteroatoms. The lowest BCUT2D eigenvalue weighted by atomic mass is 10.2. The fraction of sp³-hybridized carbons (Fsp3) is 0.294. The van der Waals surface area contributed by atoms with Crippen LogP contribution in [0.2, 0.25) is 0 Å². The number of hydrogen-bond acceptors (Lipinski definition) is 5. The van der Waals surface area contributed by atoms with Gasteiger partial charge in [-0.1, -0.05) is 30.0 Å². The van der Waals surface area contributed by atoms with E-state index in [1.807, 2.05) is 47.4 Å². The Kier molecular flexibility index (Phi) is 3.72. The zero-order valence-electron chi connectivity index (χ0n) is 13.6. The monoisotopic (exact) mass is 339 g/mol. The average molecular weight is 339 g/mol. The third-order valence-electron chi connectivity index (χ3n) is 4.17. The predicted molar refractivity (Wildman–Crippen MR) is 93.5 cm³/mol. The van der Waals surface area contributed by atoms with Crippen molar-refractivity contribution >= 4 is 29.0 Å². The third kappa shape index (κ3) is 2.54. The highest BCUT2D eigenvalue weighted by Gasteiger charge is 2.24. The highest BCUT2D eigenvalue weighted by molar-refractivity contribution is 7.99. The van der Waals surface area contributed by atoms with Crippen LogP contribution in [0, 0.1) is 13.8 Å². The van der Waals surface area contributed by atoms with Crippen LogP contribution >= 0.6 is 11.8 Å². The Bertz CT molecular complexity index is 936. The number of benzene rings is 1. The van der Waals surface area contributed by atoms with Gasteiger partial charge in [-0.25, -0.2) is 4.98 Å². The lowest BCUT2D eigenvalue weighted by molar-refractivity contribution is -0.116. The Hall–Kier alpha value is -2.41. The molecule has 4 rings (SSSR count). The van der Waals surface area contributed by atoms with Gasteiger partial charge in [-0.2, -0.15) is 0 Å². The molecule has 1 aromatic carbocycles. The summed E-state index contributed by atoms with van der Waals surface area (Å²) in [7, 11) is 0. The maximum atomic E-state index is 12.6. The first-order chi connectivity index (χ1) is 11.6. The fourth-order valence-electron chi connectivity index (χ4n) is 3.10. The number of rotatable bonds is 3. The summed E-state index contributed by atoms with van der Waals surface area (Å²) in [4.78, 5) is 18.9. The summed E-state index contributed by atoms with van der Waals surface area (Å²) in [5.74, 6) is 1.26. The predicted octanol–water partition coefficient (Wildman–Crippen LogP) is 2.42. The molecule has 3 heterocycles. The summed E-state index contributed by atoms with van der Waals surface area (Å²) < 4.78 is 1.89. The van der Waals surface area contributed by atoms with Gasteiger partial charge < -0.3 is 4.90 Å². The third-order valence-corrected chi connectivity index (χ3v) is 5.08. The Balaban J connectivity index is 1.53. The number of carbonyl (C=O) groups excluding carboxylic acids is 1. The molecule has 122 valence electrons. The summed E-state index contributed by atoms with van der Waals surface area (Å²) in [6, 6.07) is 9.97. The molecule has 2 aromatic heterocycles. The van der Waals surface area contributed by atoms with Crippen LogP contribution < -0.4 is 4.90 Å². The number of aromatic nitrogens is 4. The van der Waals surface area contributed by atoms with Gasteiger partial charge in [0.2, 0.25) is 5.91 Å². The van der Waals surface area contributed by atoms with Gasteiger partial charge in [0.05, 0.1) is 5.75 Å². The minimum absolute atomic E-state index is 0.0967. The lowest BCUT2D eigenvalue weighted by Crippen LogP contribution is -2.30. The standard InChI is InChI=1S/C17H17N5OS/c1-11-9-15-19-20-17(22(15)12(2)18-11)24-10-16(23)21-8-7-13-5-3-4-6-14(13)21/h3-6,9H,7-8,10H2,1-2H3. The second-order valence-electron chi connectivity index (χ2n) is 5.83. The Morgan fingerprint density at radius 1 is 1.25 bits per heavy atom. The number of thioether (sulfide) groups is 1. The molecule has 0 radical (unpaired) electrons. The van der Waals surface area contributed by atoms with Gasteiger partial charge in [-0.05, 0) is 31.9 Å². The van der Waals surface area contributed by atoms with Gasteiger partial charge in [-0.3, -0.25) is 9.20 Å². The molecule has 0 saturated heterocycles. The summed E-state index contributed by atoms with van der Waals surface area (Å²) in [5.41, 5.74) is 3.94. The molecule has 6 nitrogen and oxygen atoms in total. The van der Waals surface area contributed by atoms with E-state index >= 15 is 0 Å². The van der Waals surface area contributed by atoms with Crippen molar-refractivity contribution in [2.24, 2.45) is 0 Å². The van der Waals surface area contributed by atoms with Crippen molar-refractivity contribution in [2.75, 3.05) is 17.2 Å². The van der Waals surface area contributed by atoms with Crippen LogP contribution in [0.4, 0.5) is 5.69 Å². The van der Waals surface area contributed by atoms with Gasteiger partial charge in [0, 0.05) is 24.0 Å². The first-order valence-corrected chi connectivity index (χ1v) is 8.82. The second-order valence-corrected chi connectivity index (χ2v) is 6.78. The van der Waals surface area contributed by atoms with Crippen LogP contribution in [0.5, 0.6) is 0 Å². The zero-order chi connectivity index (χ0) is 16.7. The number of amides is 1. The van der Waals surface area contributed by atoms with Crippen molar-refractivity contribution in [1.82, 2.24) is 19.6 Å². The highest BCUT2D eigenvalue weighted by Crippen LogP contribution is 2.28. The summed E-state index contributed by atoms with van der Waals surface area (Å²) in [6.45, 7) is 4.61. The van der Waals surface area contributed by atoms with Gasteiger partial charge in [0.1, 0.15) is 5.82 Å². The minimum atomic E-state index is 0.0967. The van der Waals surface area contributed by atoms with Crippen LogP contribution in [-0.2, 0) is 11.2 Å². The van der Waals surface area contributed by atoms with Gasteiger partial charge >= 0.3 is 0 Å². The number of hydrogen-bond donors (Lipinski definition) is 0. The van der Waals surface area contributed by atoms with Crippen LogP contribution in [0.15, 0.2) is 35.5 Å². The van der Waals surface area contributed by atoms with E-state index in [2.05, 4.69) is 21.2 Å². The first-order valence-electron chi connectivity index (χ1n) is 7.84. The number of aryl methyl sites for hydroxylation is 2. The van der Waals surface area contributed by atoms with Crippen LogP contribution in [-0.4, -0.2) is 37.8 Å². The van der Waals surface area contributed by atoms with E-state index in [0.717, 1.165) is 35.8 Å². The normalized spacial score (nSPS) is 13.5. The van der Waals surface area contributed by atoms with Crippen molar-refractivity contribution in [2.45, 2.75) is 25.4 Å². The van der Waals surface area contributed by atoms with E-state index < -0.39 is 0 Å². The molecule has 0 saturated carbocycles. The molecule has 0 bridgehead atoms. The zero-order valence-corrected chi connectivity index (χ0v) is 14.4. The van der Waals surface area contributed by atoms with E-state index in [4.69, 9.17) is 0 Å². The molecule has 1 aliphatic rings. The number of anilines is 1.